The summed E-state index contributed by atoms with van der Waals surface area (Å²) in [6.07, 6.45) is 3.46. The monoisotopic (exact) mass is 192 g/mol. The highest BCUT2D eigenvalue weighted by Crippen LogP contribution is 2.12. The first kappa shape index (κ1) is 13.2. The largest absolute Gasteiger partial charge is 0.0683 e. The Labute approximate surface area is 89.4 Å². The van der Waals surface area contributed by atoms with Crippen molar-refractivity contribution in [3.8, 4) is 0 Å². The summed E-state index contributed by atoms with van der Waals surface area (Å²) in [5.74, 6) is 0. The third-order valence-electron chi connectivity index (χ3n) is 2.34. The average Bonchev–Trinajstić information content (AvgIpc) is 2.30. The van der Waals surface area contributed by atoms with Crippen molar-refractivity contribution in [2.45, 2.75) is 53.9 Å². The fourth-order valence-electron chi connectivity index (χ4n) is 1.45. The molecule has 0 aliphatic heterocycles. The molecule has 0 heteroatoms. The van der Waals surface area contributed by atoms with E-state index in [0.717, 1.165) is 19.3 Å². The maximum atomic E-state index is 2.32. The van der Waals surface area contributed by atoms with Gasteiger partial charge in [-0.05, 0) is 36.0 Å². The van der Waals surface area contributed by atoms with Crippen molar-refractivity contribution in [1.82, 2.24) is 0 Å². The topological polar surface area (TPSA) is 0 Å². The number of hydrogen-bond acceptors (Lipinski definition) is 0. The van der Waals surface area contributed by atoms with Crippen LogP contribution in [0.1, 0.15) is 51.3 Å². The highest BCUT2D eigenvalue weighted by atomic mass is 14.0. The van der Waals surface area contributed by atoms with Crippen molar-refractivity contribution in [3.05, 3.63) is 34.9 Å². The van der Waals surface area contributed by atoms with Crippen LogP contribution < -0.4 is 0 Å². The molecule has 0 heterocycles. The van der Waals surface area contributed by atoms with Crippen LogP contribution >= 0.6 is 0 Å². The van der Waals surface area contributed by atoms with Gasteiger partial charge in [0, 0.05) is 0 Å². The lowest BCUT2D eigenvalue weighted by Gasteiger charge is -2.05. The second-order valence-corrected chi connectivity index (χ2v) is 3.22. The number of hydrogen-bond donors (Lipinski definition) is 0. The summed E-state index contributed by atoms with van der Waals surface area (Å²) in [6, 6.07) is 6.96. The molecule has 0 aliphatic rings. The molecule has 0 amide bonds. The predicted octanol–water partition coefficient (Wildman–Crippen LogP) is 4.40. The third-order valence-corrected chi connectivity index (χ3v) is 2.34. The molecule has 14 heavy (non-hydrogen) atoms. The van der Waals surface area contributed by atoms with Crippen molar-refractivity contribution < 1.29 is 0 Å². The zero-order valence-electron chi connectivity index (χ0n) is 10.4. The molecule has 0 bridgehead atoms. The molecule has 80 valence electrons. The molecule has 0 saturated carbocycles. The molecule has 0 unspecified atom stereocenters. The van der Waals surface area contributed by atoms with Gasteiger partial charge in [-0.1, -0.05) is 52.8 Å². The van der Waals surface area contributed by atoms with Gasteiger partial charge in [-0.2, -0.15) is 0 Å². The van der Waals surface area contributed by atoms with Crippen LogP contribution in [0, 0.1) is 0 Å². The summed E-state index contributed by atoms with van der Waals surface area (Å²) >= 11 is 0. The van der Waals surface area contributed by atoms with E-state index in [9.17, 15) is 0 Å². The molecule has 0 radical (unpaired) electrons. The zero-order chi connectivity index (χ0) is 11.0. The molecule has 1 rings (SSSR count). The van der Waals surface area contributed by atoms with Gasteiger partial charge in [0.15, 0.2) is 0 Å². The van der Waals surface area contributed by atoms with Gasteiger partial charge >= 0.3 is 0 Å². The van der Waals surface area contributed by atoms with Crippen molar-refractivity contribution in [2.24, 2.45) is 0 Å². The first-order valence-electron chi connectivity index (χ1n) is 5.91. The molecule has 1 aromatic carbocycles. The molecule has 1 aromatic rings. The van der Waals surface area contributed by atoms with Crippen molar-refractivity contribution in [1.29, 1.82) is 0 Å². The van der Waals surface area contributed by atoms with Crippen LogP contribution in [0.5, 0.6) is 0 Å². The lowest BCUT2D eigenvalue weighted by molar-refractivity contribution is 1.04. The molecule has 0 nitrogen and oxygen atoms in total. The Balaban J connectivity index is 0.000000791. The first-order chi connectivity index (χ1) is 6.80. The van der Waals surface area contributed by atoms with Crippen LogP contribution in [0.2, 0.25) is 0 Å². The Bertz CT molecular complexity index is 193. The van der Waals surface area contributed by atoms with E-state index in [1.165, 1.54) is 16.7 Å². The Kier molecular flexibility index (Phi) is 7.18. The number of rotatable bonds is 3. The van der Waals surface area contributed by atoms with Gasteiger partial charge in [-0.15, -0.1) is 0 Å². The fraction of sp³-hybridized carbons (Fsp3) is 0.571. The highest BCUT2D eigenvalue weighted by Gasteiger charge is 1.96. The third kappa shape index (κ3) is 3.95. The Morgan fingerprint density at radius 1 is 0.643 bits per heavy atom. The van der Waals surface area contributed by atoms with Crippen molar-refractivity contribution >= 4 is 0 Å². The van der Waals surface area contributed by atoms with Crippen LogP contribution in [0.25, 0.3) is 0 Å². The summed E-state index contributed by atoms with van der Waals surface area (Å²) in [4.78, 5) is 0. The van der Waals surface area contributed by atoms with Crippen LogP contribution in [0.15, 0.2) is 18.2 Å². The minimum atomic E-state index is 1.15. The SMILES string of the molecule is CC.CCc1cc(CC)cc(CC)c1. The molecule has 0 fully saturated rings. The predicted molar refractivity (Wildman–Crippen MR) is 65.9 cm³/mol. The maximum absolute atomic E-state index is 2.32. The highest BCUT2D eigenvalue weighted by molar-refractivity contribution is 5.30. The summed E-state index contributed by atoms with van der Waals surface area (Å²) in [6.45, 7) is 10.6. The van der Waals surface area contributed by atoms with Crippen molar-refractivity contribution in [3.63, 3.8) is 0 Å². The number of benzene rings is 1. The minimum Gasteiger partial charge on any atom is -0.0683 e. The fourth-order valence-corrected chi connectivity index (χ4v) is 1.45. The van der Waals surface area contributed by atoms with Crippen LogP contribution in [-0.4, -0.2) is 0 Å². The summed E-state index contributed by atoms with van der Waals surface area (Å²) in [7, 11) is 0. The van der Waals surface area contributed by atoms with Gasteiger partial charge in [0.1, 0.15) is 0 Å². The van der Waals surface area contributed by atoms with E-state index < -0.39 is 0 Å². The smallest absolute Gasteiger partial charge is 0.0307 e. The normalized spacial score (nSPS) is 9.21. The second kappa shape index (κ2) is 7.61. The number of aryl methyl sites for hydroxylation is 3. The standard InChI is InChI=1S/C12H18.C2H6/c1-4-10-7-11(5-2)9-12(6-3)8-10;1-2/h7-9H,4-6H2,1-3H3;1-2H3. The Hall–Kier alpha value is -0.780. The van der Waals surface area contributed by atoms with Gasteiger partial charge in [-0.25, -0.2) is 0 Å². The molecule has 0 atom stereocenters. The molecule has 0 saturated heterocycles. The Morgan fingerprint density at radius 2 is 0.857 bits per heavy atom. The van der Waals surface area contributed by atoms with Crippen LogP contribution in [0.4, 0.5) is 0 Å². The zero-order valence-corrected chi connectivity index (χ0v) is 10.4. The Morgan fingerprint density at radius 3 is 1.00 bits per heavy atom. The van der Waals surface area contributed by atoms with E-state index in [-0.39, 0.29) is 0 Å². The van der Waals surface area contributed by atoms with Gasteiger partial charge in [0.25, 0.3) is 0 Å². The first-order valence-corrected chi connectivity index (χ1v) is 5.91. The average molecular weight is 192 g/mol. The molecule has 0 spiro atoms. The minimum absolute atomic E-state index is 1.15. The lowest BCUT2D eigenvalue weighted by atomic mass is 10.0. The maximum Gasteiger partial charge on any atom is -0.0307 e. The van der Waals surface area contributed by atoms with Crippen molar-refractivity contribution in [2.75, 3.05) is 0 Å². The summed E-state index contributed by atoms with van der Waals surface area (Å²) < 4.78 is 0. The summed E-state index contributed by atoms with van der Waals surface area (Å²) in [5, 5.41) is 0. The van der Waals surface area contributed by atoms with E-state index >= 15 is 0 Å². The van der Waals surface area contributed by atoms with Gasteiger partial charge < -0.3 is 0 Å². The van der Waals surface area contributed by atoms with Gasteiger partial charge in [0.05, 0.1) is 0 Å². The van der Waals surface area contributed by atoms with Gasteiger partial charge in [-0.3, -0.25) is 0 Å². The van der Waals surface area contributed by atoms with E-state index in [0.29, 0.717) is 0 Å². The quantitative estimate of drug-likeness (QED) is 0.666. The lowest BCUT2D eigenvalue weighted by Crippen LogP contribution is -1.90. The summed E-state index contributed by atoms with van der Waals surface area (Å²) in [5.41, 5.74) is 4.43. The van der Waals surface area contributed by atoms with E-state index in [1.54, 1.807) is 0 Å². The van der Waals surface area contributed by atoms with E-state index in [1.807, 2.05) is 13.8 Å². The van der Waals surface area contributed by atoms with Gasteiger partial charge in [0.2, 0.25) is 0 Å². The molecule has 0 N–H and O–H groups in total. The second-order valence-electron chi connectivity index (χ2n) is 3.22. The van der Waals surface area contributed by atoms with Crippen LogP contribution in [0.3, 0.4) is 0 Å². The van der Waals surface area contributed by atoms with E-state index in [4.69, 9.17) is 0 Å². The molecular weight excluding hydrogens is 168 g/mol. The van der Waals surface area contributed by atoms with E-state index in [2.05, 4.69) is 39.0 Å². The van der Waals surface area contributed by atoms with Crippen LogP contribution in [-0.2, 0) is 19.3 Å². The molecule has 0 aromatic heterocycles. The molecule has 0 aliphatic carbocycles. The molecular formula is C14H24.